The maximum Gasteiger partial charge on any atom is 0.317 e. The van der Waals surface area contributed by atoms with Crippen molar-refractivity contribution >= 4 is 23.2 Å². The second kappa shape index (κ2) is 4.52. The lowest BCUT2D eigenvalue weighted by Gasteiger charge is -2.15. The van der Waals surface area contributed by atoms with Crippen LogP contribution in [0, 0.1) is 0 Å². The first kappa shape index (κ1) is 10.9. The molecule has 2 heterocycles. The number of nitrogens with two attached hydrogens (primary N) is 1. The lowest BCUT2D eigenvalue weighted by atomic mass is 10.4. The molecule has 2 rings (SSSR count). The molecule has 16 heavy (non-hydrogen) atoms. The summed E-state index contributed by atoms with van der Waals surface area (Å²) in [7, 11) is 0. The Bertz CT molecular complexity index is 415. The predicted octanol–water partition coefficient (Wildman–Crippen LogP) is 0.148. The molecule has 0 bridgehead atoms. The van der Waals surface area contributed by atoms with Crippen molar-refractivity contribution in [3.05, 3.63) is 24.0 Å². The third-order valence-electron chi connectivity index (χ3n) is 2.64. The summed E-state index contributed by atoms with van der Waals surface area (Å²) in [6.07, 6.45) is 1.92. The van der Waals surface area contributed by atoms with Crippen molar-refractivity contribution in [2.45, 2.75) is 6.54 Å². The van der Waals surface area contributed by atoms with Gasteiger partial charge in [0.25, 0.3) is 0 Å². The minimum absolute atomic E-state index is 0.00373. The highest BCUT2D eigenvalue weighted by Gasteiger charge is 2.18. The van der Waals surface area contributed by atoms with Crippen LogP contribution in [0.15, 0.2) is 18.3 Å². The molecule has 1 aliphatic heterocycles. The predicted molar refractivity (Wildman–Crippen MR) is 65.3 cm³/mol. The second-order valence-corrected chi connectivity index (χ2v) is 4.11. The first-order chi connectivity index (χ1) is 7.68. The molecular formula is C10H14N4OS. The van der Waals surface area contributed by atoms with E-state index in [2.05, 4.69) is 5.32 Å². The van der Waals surface area contributed by atoms with Crippen molar-refractivity contribution in [2.75, 3.05) is 19.6 Å². The Hall–Kier alpha value is -1.56. The van der Waals surface area contributed by atoms with Crippen molar-refractivity contribution < 1.29 is 4.79 Å². The van der Waals surface area contributed by atoms with E-state index in [1.807, 2.05) is 22.9 Å². The standard InChI is InChI=1S/C10H14N4OS/c11-9(16)8-2-1-4-13(8)6-7-14-5-3-12-10(14)15/h1-2,4H,3,5-7H2,(H2,11,16)(H,12,15). The Morgan fingerprint density at radius 1 is 1.56 bits per heavy atom. The Morgan fingerprint density at radius 2 is 2.38 bits per heavy atom. The number of hydrogen-bond donors (Lipinski definition) is 2. The first-order valence-electron chi connectivity index (χ1n) is 5.16. The van der Waals surface area contributed by atoms with Gasteiger partial charge in [-0.15, -0.1) is 0 Å². The van der Waals surface area contributed by atoms with Crippen LogP contribution >= 0.6 is 12.2 Å². The number of thiocarbonyl (C=S) groups is 1. The Balaban J connectivity index is 1.96. The zero-order chi connectivity index (χ0) is 11.5. The van der Waals surface area contributed by atoms with Crippen LogP contribution in [0.5, 0.6) is 0 Å². The summed E-state index contributed by atoms with van der Waals surface area (Å²) in [4.78, 5) is 13.5. The zero-order valence-electron chi connectivity index (χ0n) is 8.85. The largest absolute Gasteiger partial charge is 0.388 e. The van der Waals surface area contributed by atoms with Gasteiger partial charge >= 0.3 is 6.03 Å². The molecule has 0 spiro atoms. The quantitative estimate of drug-likeness (QED) is 0.734. The monoisotopic (exact) mass is 238 g/mol. The van der Waals surface area contributed by atoms with E-state index in [1.54, 1.807) is 4.90 Å². The van der Waals surface area contributed by atoms with Crippen molar-refractivity contribution in [3.8, 4) is 0 Å². The van der Waals surface area contributed by atoms with E-state index >= 15 is 0 Å². The number of urea groups is 1. The molecule has 1 fully saturated rings. The Kier molecular flexibility index (Phi) is 3.09. The molecule has 0 atom stereocenters. The molecule has 1 aromatic rings. The lowest BCUT2D eigenvalue weighted by Crippen LogP contribution is -2.31. The van der Waals surface area contributed by atoms with Crippen LogP contribution < -0.4 is 11.1 Å². The normalized spacial score (nSPS) is 15.2. The minimum Gasteiger partial charge on any atom is -0.388 e. The number of amides is 2. The lowest BCUT2D eigenvalue weighted by molar-refractivity contribution is 0.215. The van der Waals surface area contributed by atoms with Crippen molar-refractivity contribution in [1.29, 1.82) is 0 Å². The van der Waals surface area contributed by atoms with Crippen LogP contribution in [0.25, 0.3) is 0 Å². The summed E-state index contributed by atoms with van der Waals surface area (Å²) in [5.74, 6) is 0. The molecule has 3 N–H and O–H groups in total. The Labute approximate surface area is 99.2 Å². The highest BCUT2D eigenvalue weighted by molar-refractivity contribution is 7.80. The zero-order valence-corrected chi connectivity index (χ0v) is 9.67. The average molecular weight is 238 g/mol. The maximum absolute atomic E-state index is 11.3. The van der Waals surface area contributed by atoms with Gasteiger partial charge in [-0.25, -0.2) is 4.79 Å². The van der Waals surface area contributed by atoms with Gasteiger partial charge in [-0.3, -0.25) is 0 Å². The molecule has 1 aliphatic rings. The fourth-order valence-electron chi connectivity index (χ4n) is 1.79. The van der Waals surface area contributed by atoms with Gasteiger partial charge in [-0.2, -0.15) is 0 Å². The molecule has 6 heteroatoms. The first-order valence-corrected chi connectivity index (χ1v) is 5.57. The summed E-state index contributed by atoms with van der Waals surface area (Å²) in [6, 6.07) is 3.79. The third kappa shape index (κ3) is 2.16. The van der Waals surface area contributed by atoms with E-state index in [4.69, 9.17) is 18.0 Å². The van der Waals surface area contributed by atoms with E-state index in [-0.39, 0.29) is 6.03 Å². The van der Waals surface area contributed by atoms with Crippen LogP contribution in [0.3, 0.4) is 0 Å². The molecule has 0 radical (unpaired) electrons. The number of nitrogens with one attached hydrogen (secondary N) is 1. The summed E-state index contributed by atoms with van der Waals surface area (Å²) < 4.78 is 1.97. The topological polar surface area (TPSA) is 63.3 Å². The molecule has 0 unspecified atom stereocenters. The van der Waals surface area contributed by atoms with Gasteiger partial charge in [0.1, 0.15) is 4.99 Å². The molecule has 0 aliphatic carbocycles. The highest BCUT2D eigenvalue weighted by Crippen LogP contribution is 2.04. The number of hydrogen-bond acceptors (Lipinski definition) is 2. The molecular weight excluding hydrogens is 224 g/mol. The van der Waals surface area contributed by atoms with Crippen LogP contribution in [-0.2, 0) is 6.54 Å². The van der Waals surface area contributed by atoms with Gasteiger partial charge in [0.15, 0.2) is 0 Å². The van der Waals surface area contributed by atoms with E-state index in [9.17, 15) is 4.79 Å². The van der Waals surface area contributed by atoms with Crippen LogP contribution in [0.1, 0.15) is 5.69 Å². The molecule has 2 amide bonds. The van der Waals surface area contributed by atoms with Gasteiger partial charge in [0.05, 0.1) is 5.69 Å². The van der Waals surface area contributed by atoms with Gasteiger partial charge in [-0.05, 0) is 12.1 Å². The number of carbonyl (C=O) groups is 1. The maximum atomic E-state index is 11.3. The van der Waals surface area contributed by atoms with Crippen molar-refractivity contribution in [3.63, 3.8) is 0 Å². The van der Waals surface area contributed by atoms with E-state index in [0.717, 1.165) is 18.8 Å². The Morgan fingerprint density at radius 3 is 3.00 bits per heavy atom. The number of rotatable bonds is 4. The average Bonchev–Trinajstić information content (AvgIpc) is 2.83. The smallest absolute Gasteiger partial charge is 0.317 e. The van der Waals surface area contributed by atoms with Gasteiger partial charge in [0.2, 0.25) is 0 Å². The van der Waals surface area contributed by atoms with Crippen molar-refractivity contribution in [1.82, 2.24) is 14.8 Å². The second-order valence-electron chi connectivity index (χ2n) is 3.67. The van der Waals surface area contributed by atoms with Crippen LogP contribution in [-0.4, -0.2) is 40.1 Å². The SMILES string of the molecule is NC(=S)c1cccn1CCN1CCNC1=O. The van der Waals surface area contributed by atoms with Gasteiger partial charge in [-0.1, -0.05) is 12.2 Å². The summed E-state index contributed by atoms with van der Waals surface area (Å²) in [6.45, 7) is 2.89. The summed E-state index contributed by atoms with van der Waals surface area (Å²) in [5, 5.41) is 2.76. The van der Waals surface area contributed by atoms with Crippen LogP contribution in [0.4, 0.5) is 4.79 Å². The number of nitrogens with zero attached hydrogens (tertiary/aromatic N) is 2. The number of carbonyl (C=O) groups excluding carboxylic acids is 1. The number of aromatic nitrogens is 1. The van der Waals surface area contributed by atoms with Crippen molar-refractivity contribution in [2.24, 2.45) is 5.73 Å². The van der Waals surface area contributed by atoms with Crippen LogP contribution in [0.2, 0.25) is 0 Å². The molecule has 5 nitrogen and oxygen atoms in total. The molecule has 86 valence electrons. The molecule has 0 aromatic carbocycles. The fourth-order valence-corrected chi connectivity index (χ4v) is 1.97. The molecule has 1 saturated heterocycles. The highest BCUT2D eigenvalue weighted by atomic mass is 32.1. The summed E-state index contributed by atoms with van der Waals surface area (Å²) in [5.41, 5.74) is 6.43. The van der Waals surface area contributed by atoms with E-state index in [0.29, 0.717) is 18.1 Å². The van der Waals surface area contributed by atoms with E-state index < -0.39 is 0 Å². The summed E-state index contributed by atoms with van der Waals surface area (Å²) >= 11 is 4.94. The third-order valence-corrected chi connectivity index (χ3v) is 2.85. The van der Waals surface area contributed by atoms with E-state index in [1.165, 1.54) is 0 Å². The minimum atomic E-state index is 0.00373. The molecule has 0 saturated carbocycles. The van der Waals surface area contributed by atoms with Gasteiger partial charge in [0, 0.05) is 32.4 Å². The fraction of sp³-hybridized carbons (Fsp3) is 0.400. The van der Waals surface area contributed by atoms with Gasteiger partial charge < -0.3 is 20.5 Å². The molecule has 1 aromatic heterocycles.